The van der Waals surface area contributed by atoms with Crippen molar-refractivity contribution in [3.63, 3.8) is 0 Å². The molecule has 0 bridgehead atoms. The van der Waals surface area contributed by atoms with Crippen molar-refractivity contribution in [2.75, 3.05) is 14.2 Å². The van der Waals surface area contributed by atoms with Crippen LogP contribution in [0, 0.1) is 0 Å². The molecule has 0 saturated carbocycles. The van der Waals surface area contributed by atoms with Crippen LogP contribution in [0.1, 0.15) is 22.1 Å². The third-order valence-corrected chi connectivity index (χ3v) is 1.74. The number of carbonyl (C=O) groups excluding carboxylic acids is 2. The maximum atomic E-state index is 11.2. The summed E-state index contributed by atoms with van der Waals surface area (Å²) in [5.74, 6) is -1.10. The molecule has 4 nitrogen and oxygen atoms in total. The van der Waals surface area contributed by atoms with Gasteiger partial charge in [0.2, 0.25) is 0 Å². The molecule has 0 spiro atoms. The summed E-state index contributed by atoms with van der Waals surface area (Å²) >= 11 is 0. The van der Waals surface area contributed by atoms with Crippen molar-refractivity contribution >= 4 is 11.9 Å². The Balaban J connectivity index is 0. The summed E-state index contributed by atoms with van der Waals surface area (Å²) < 4.78 is 9.05. The Morgan fingerprint density at radius 3 is 1.60 bits per heavy atom. The monoisotopic (exact) mass is 328 g/mol. The average Bonchev–Trinajstić information content (AvgIpc) is 2.27. The standard InChI is InChI=1S/C10H10O4.Cs.H/c1-13-9(11)7-5-3-4-6-8(7)10(12)14-2;;/h3-6H,1-2H3;;/q;+1;-1. The van der Waals surface area contributed by atoms with Crippen LogP contribution in [0.2, 0.25) is 0 Å². The third kappa shape index (κ3) is 3.93. The van der Waals surface area contributed by atoms with E-state index in [4.69, 9.17) is 0 Å². The van der Waals surface area contributed by atoms with Crippen LogP contribution < -0.4 is 68.9 Å². The van der Waals surface area contributed by atoms with Gasteiger partial charge in [0, 0.05) is 0 Å². The van der Waals surface area contributed by atoms with Gasteiger partial charge in [-0.05, 0) is 12.1 Å². The summed E-state index contributed by atoms with van der Waals surface area (Å²) in [6, 6.07) is 6.33. The molecule has 1 rings (SSSR count). The van der Waals surface area contributed by atoms with E-state index in [1.54, 1.807) is 12.1 Å². The van der Waals surface area contributed by atoms with E-state index in [-0.39, 0.29) is 81.4 Å². The molecule has 0 N–H and O–H groups in total. The van der Waals surface area contributed by atoms with E-state index in [2.05, 4.69) is 9.47 Å². The van der Waals surface area contributed by atoms with Gasteiger partial charge in [-0.3, -0.25) is 0 Å². The maximum absolute atomic E-state index is 11.2. The Morgan fingerprint density at radius 2 is 1.33 bits per heavy atom. The zero-order chi connectivity index (χ0) is 10.6. The molecule has 0 saturated heterocycles. The van der Waals surface area contributed by atoms with Gasteiger partial charge in [0.1, 0.15) is 0 Å². The molecule has 1 aromatic rings. The molecular weight excluding hydrogens is 317 g/mol. The minimum atomic E-state index is -0.550. The van der Waals surface area contributed by atoms with E-state index in [1.807, 2.05) is 0 Å². The van der Waals surface area contributed by atoms with Crippen molar-refractivity contribution < 1.29 is 89.4 Å². The van der Waals surface area contributed by atoms with Gasteiger partial charge >= 0.3 is 80.8 Å². The fourth-order valence-corrected chi connectivity index (χ4v) is 1.06. The molecule has 0 heterocycles. The number of carbonyl (C=O) groups is 2. The van der Waals surface area contributed by atoms with E-state index in [1.165, 1.54) is 26.4 Å². The first-order valence-electron chi connectivity index (χ1n) is 3.96. The number of esters is 2. The second kappa shape index (κ2) is 7.48. The smallest absolute Gasteiger partial charge is 1.00 e. The van der Waals surface area contributed by atoms with Crippen molar-refractivity contribution in [2.24, 2.45) is 0 Å². The number of ether oxygens (including phenoxy) is 2. The normalized spacial score (nSPS) is 8.67. The van der Waals surface area contributed by atoms with Gasteiger partial charge in [0.25, 0.3) is 0 Å². The Labute approximate surface area is 148 Å². The Hall–Kier alpha value is 0.212. The minimum Gasteiger partial charge on any atom is -1.00 e. The van der Waals surface area contributed by atoms with Crippen LogP contribution in [0.5, 0.6) is 0 Å². The van der Waals surface area contributed by atoms with E-state index in [9.17, 15) is 9.59 Å². The van der Waals surface area contributed by atoms with Crippen molar-refractivity contribution in [1.82, 2.24) is 0 Å². The van der Waals surface area contributed by atoms with Crippen LogP contribution in [0.4, 0.5) is 0 Å². The van der Waals surface area contributed by atoms with Crippen LogP contribution in [0.15, 0.2) is 24.3 Å². The van der Waals surface area contributed by atoms with Crippen molar-refractivity contribution in [3.05, 3.63) is 35.4 Å². The summed E-state index contributed by atoms with van der Waals surface area (Å²) in [7, 11) is 2.52. The fourth-order valence-electron chi connectivity index (χ4n) is 1.06. The van der Waals surface area contributed by atoms with Gasteiger partial charge in [-0.25, -0.2) is 9.59 Å². The summed E-state index contributed by atoms with van der Waals surface area (Å²) in [6.07, 6.45) is 0. The van der Waals surface area contributed by atoms with E-state index in [0.29, 0.717) is 0 Å². The first-order chi connectivity index (χ1) is 6.70. The van der Waals surface area contributed by atoms with Gasteiger partial charge in [-0.15, -0.1) is 0 Å². The number of rotatable bonds is 2. The van der Waals surface area contributed by atoms with E-state index in [0.717, 1.165) is 0 Å². The maximum Gasteiger partial charge on any atom is 1.00 e. The predicted octanol–water partition coefficient (Wildman–Crippen LogP) is -1.62. The Kier molecular flexibility index (Phi) is 7.59. The molecule has 0 aromatic heterocycles. The number of benzene rings is 1. The molecule has 76 valence electrons. The summed E-state index contributed by atoms with van der Waals surface area (Å²) in [4.78, 5) is 22.4. The first kappa shape index (κ1) is 15.2. The molecule has 5 heteroatoms. The number of methoxy groups -OCH3 is 2. The van der Waals surface area contributed by atoms with Crippen molar-refractivity contribution in [3.8, 4) is 0 Å². The summed E-state index contributed by atoms with van der Waals surface area (Å²) in [5.41, 5.74) is 0.420. The number of hydrogen-bond donors (Lipinski definition) is 0. The van der Waals surface area contributed by atoms with Gasteiger partial charge in [-0.1, -0.05) is 12.1 Å². The molecule has 0 amide bonds. The van der Waals surface area contributed by atoms with Crippen LogP contribution in [-0.2, 0) is 9.47 Å². The summed E-state index contributed by atoms with van der Waals surface area (Å²) in [6.45, 7) is 0. The zero-order valence-corrected chi connectivity index (χ0v) is 15.2. The topological polar surface area (TPSA) is 52.6 Å². The molecule has 0 aliphatic rings. The SMILES string of the molecule is COC(=O)c1ccccc1C(=O)OC.[Cs+].[H-]. The number of hydrogen-bond acceptors (Lipinski definition) is 4. The molecule has 0 fully saturated rings. The van der Waals surface area contributed by atoms with Crippen LogP contribution in [0.3, 0.4) is 0 Å². The summed E-state index contributed by atoms with van der Waals surface area (Å²) in [5, 5.41) is 0. The van der Waals surface area contributed by atoms with Gasteiger partial charge in [-0.2, -0.15) is 0 Å². The molecule has 0 radical (unpaired) electrons. The molecule has 0 atom stereocenters. The third-order valence-electron chi connectivity index (χ3n) is 1.74. The van der Waals surface area contributed by atoms with Crippen LogP contribution in [0.25, 0.3) is 0 Å². The van der Waals surface area contributed by atoms with Crippen LogP contribution in [-0.4, -0.2) is 26.2 Å². The molecule has 0 aliphatic carbocycles. The Bertz CT molecular complexity index is 333. The Morgan fingerprint density at radius 1 is 1.00 bits per heavy atom. The minimum absolute atomic E-state index is 0. The van der Waals surface area contributed by atoms with Crippen LogP contribution >= 0.6 is 0 Å². The van der Waals surface area contributed by atoms with Gasteiger partial charge in [0.05, 0.1) is 25.3 Å². The largest absolute Gasteiger partial charge is 1.00 e. The second-order valence-corrected chi connectivity index (χ2v) is 2.53. The fraction of sp³-hybridized carbons (Fsp3) is 0.200. The zero-order valence-electron chi connectivity index (χ0n) is 9.94. The average molecular weight is 328 g/mol. The van der Waals surface area contributed by atoms with Crippen molar-refractivity contribution in [2.45, 2.75) is 0 Å². The quantitative estimate of drug-likeness (QED) is 0.612. The van der Waals surface area contributed by atoms with Gasteiger partial charge in [0.15, 0.2) is 0 Å². The molecule has 1 aromatic carbocycles. The van der Waals surface area contributed by atoms with Crippen molar-refractivity contribution in [1.29, 1.82) is 0 Å². The van der Waals surface area contributed by atoms with Gasteiger partial charge < -0.3 is 10.9 Å². The predicted molar refractivity (Wildman–Crippen MR) is 50.2 cm³/mol. The second-order valence-electron chi connectivity index (χ2n) is 2.53. The van der Waals surface area contributed by atoms with E-state index < -0.39 is 11.9 Å². The first-order valence-corrected chi connectivity index (χ1v) is 3.96. The molecule has 0 aliphatic heterocycles. The molecule has 0 unspecified atom stereocenters. The molecule has 15 heavy (non-hydrogen) atoms. The molecular formula is C10H11CsO4. The van der Waals surface area contributed by atoms with E-state index >= 15 is 0 Å².